The Balaban J connectivity index is 1.72. The van der Waals surface area contributed by atoms with E-state index in [1.165, 1.54) is 0 Å². The van der Waals surface area contributed by atoms with Crippen LogP contribution in [0, 0.1) is 0 Å². The summed E-state index contributed by atoms with van der Waals surface area (Å²) in [4.78, 5) is 21.6. The van der Waals surface area contributed by atoms with Gasteiger partial charge in [-0.3, -0.25) is 9.69 Å². The molecule has 0 bridgehead atoms. The lowest BCUT2D eigenvalue weighted by Crippen LogP contribution is -2.44. The number of amides is 1. The van der Waals surface area contributed by atoms with E-state index in [0.717, 1.165) is 57.3 Å². The van der Waals surface area contributed by atoms with Gasteiger partial charge in [-0.25, -0.2) is 0 Å². The minimum absolute atomic E-state index is 0.0257. The fourth-order valence-corrected chi connectivity index (χ4v) is 3.71. The van der Waals surface area contributed by atoms with Crippen molar-refractivity contribution in [1.82, 2.24) is 19.9 Å². The van der Waals surface area contributed by atoms with E-state index in [1.54, 1.807) is 0 Å². The van der Waals surface area contributed by atoms with Gasteiger partial charge in [-0.1, -0.05) is 55.8 Å². The van der Waals surface area contributed by atoms with Gasteiger partial charge in [0.15, 0.2) is 0 Å². The molecule has 1 atom stereocenters. The van der Waals surface area contributed by atoms with E-state index >= 15 is 0 Å². The third-order valence-electron chi connectivity index (χ3n) is 5.05. The number of carbonyl (C=O) groups is 1. The van der Waals surface area contributed by atoms with Crippen LogP contribution in [-0.4, -0.2) is 52.0 Å². The van der Waals surface area contributed by atoms with Gasteiger partial charge < -0.3 is 9.42 Å². The summed E-state index contributed by atoms with van der Waals surface area (Å²) in [6, 6.07) is 9.88. The normalized spacial score (nSPS) is 17.8. The van der Waals surface area contributed by atoms with E-state index < -0.39 is 0 Å². The lowest BCUT2D eigenvalue weighted by atomic mass is 10.0. The SMILES string of the molecule is CCCN(CCC)C(=O)CN1CCCCC1c1nc(-c2ccccc2)no1. The number of nitrogens with zero attached hydrogens (tertiary/aromatic N) is 4. The predicted molar refractivity (Wildman–Crippen MR) is 105 cm³/mol. The average molecular weight is 370 g/mol. The van der Waals surface area contributed by atoms with Crippen molar-refractivity contribution in [2.45, 2.75) is 52.0 Å². The Morgan fingerprint density at radius 3 is 2.63 bits per heavy atom. The van der Waals surface area contributed by atoms with Gasteiger partial charge in [0.2, 0.25) is 17.6 Å². The van der Waals surface area contributed by atoms with Gasteiger partial charge in [-0.2, -0.15) is 4.98 Å². The smallest absolute Gasteiger partial charge is 0.244 e. The van der Waals surface area contributed by atoms with Crippen molar-refractivity contribution in [3.05, 3.63) is 36.2 Å². The van der Waals surface area contributed by atoms with Gasteiger partial charge in [0.25, 0.3) is 0 Å². The van der Waals surface area contributed by atoms with Gasteiger partial charge in [-0.05, 0) is 32.2 Å². The summed E-state index contributed by atoms with van der Waals surface area (Å²) in [5.74, 6) is 1.44. The van der Waals surface area contributed by atoms with Gasteiger partial charge in [0, 0.05) is 18.7 Å². The number of rotatable bonds is 8. The second kappa shape index (κ2) is 9.65. The van der Waals surface area contributed by atoms with E-state index in [4.69, 9.17) is 4.52 Å². The second-order valence-electron chi connectivity index (χ2n) is 7.19. The first-order chi connectivity index (χ1) is 13.2. The molecule has 1 saturated heterocycles. The molecule has 6 nitrogen and oxygen atoms in total. The summed E-state index contributed by atoms with van der Waals surface area (Å²) in [7, 11) is 0. The van der Waals surface area contributed by atoms with Crippen molar-refractivity contribution in [1.29, 1.82) is 0 Å². The van der Waals surface area contributed by atoms with Crippen molar-refractivity contribution in [2.75, 3.05) is 26.2 Å². The molecular weight excluding hydrogens is 340 g/mol. The van der Waals surface area contributed by atoms with Crippen LogP contribution in [-0.2, 0) is 4.79 Å². The molecule has 2 aromatic rings. The van der Waals surface area contributed by atoms with Crippen LogP contribution < -0.4 is 0 Å². The quantitative estimate of drug-likeness (QED) is 0.705. The fraction of sp³-hybridized carbons (Fsp3) is 0.571. The second-order valence-corrected chi connectivity index (χ2v) is 7.19. The Morgan fingerprint density at radius 2 is 1.93 bits per heavy atom. The number of benzene rings is 1. The summed E-state index contributed by atoms with van der Waals surface area (Å²) >= 11 is 0. The minimum Gasteiger partial charge on any atom is -0.342 e. The topological polar surface area (TPSA) is 62.5 Å². The van der Waals surface area contributed by atoms with Gasteiger partial charge in [0.1, 0.15) is 0 Å². The standard InChI is InChI=1S/C21H30N4O2/c1-3-13-24(14-4-2)19(26)16-25-15-9-8-12-18(25)21-22-20(23-27-21)17-10-6-5-7-11-17/h5-7,10-11,18H,3-4,8-9,12-16H2,1-2H3. The summed E-state index contributed by atoms with van der Waals surface area (Å²) in [5, 5.41) is 4.16. The highest BCUT2D eigenvalue weighted by Crippen LogP contribution is 2.31. The van der Waals surface area contributed by atoms with Crippen molar-refractivity contribution >= 4 is 5.91 Å². The zero-order valence-electron chi connectivity index (χ0n) is 16.4. The molecule has 2 heterocycles. The number of hydrogen-bond acceptors (Lipinski definition) is 5. The highest BCUT2D eigenvalue weighted by Gasteiger charge is 2.31. The van der Waals surface area contributed by atoms with E-state index in [-0.39, 0.29) is 11.9 Å². The fourth-order valence-electron chi connectivity index (χ4n) is 3.71. The van der Waals surface area contributed by atoms with Crippen LogP contribution in [0.1, 0.15) is 57.9 Å². The van der Waals surface area contributed by atoms with Crippen molar-refractivity contribution in [2.24, 2.45) is 0 Å². The Labute approximate surface area is 161 Å². The van der Waals surface area contributed by atoms with E-state index in [2.05, 4.69) is 28.9 Å². The molecule has 6 heteroatoms. The first kappa shape index (κ1) is 19.5. The molecule has 0 saturated carbocycles. The maximum Gasteiger partial charge on any atom is 0.244 e. The third-order valence-corrected chi connectivity index (χ3v) is 5.05. The molecular formula is C21H30N4O2. The van der Waals surface area contributed by atoms with Crippen molar-refractivity contribution in [3.8, 4) is 11.4 Å². The van der Waals surface area contributed by atoms with Crippen LogP contribution in [0.25, 0.3) is 11.4 Å². The molecule has 1 unspecified atom stereocenters. The summed E-state index contributed by atoms with van der Waals surface area (Å²) < 4.78 is 5.60. The van der Waals surface area contributed by atoms with Gasteiger partial charge in [0.05, 0.1) is 12.6 Å². The maximum absolute atomic E-state index is 12.8. The van der Waals surface area contributed by atoms with Crippen LogP contribution >= 0.6 is 0 Å². The molecule has 1 aromatic heterocycles. The predicted octanol–water partition coefficient (Wildman–Crippen LogP) is 3.91. The molecule has 146 valence electrons. The highest BCUT2D eigenvalue weighted by molar-refractivity contribution is 5.78. The van der Waals surface area contributed by atoms with Crippen molar-refractivity contribution < 1.29 is 9.32 Å². The Bertz CT molecular complexity index is 710. The lowest BCUT2D eigenvalue weighted by Gasteiger charge is -2.34. The summed E-state index contributed by atoms with van der Waals surface area (Å²) in [5.41, 5.74) is 0.947. The van der Waals surface area contributed by atoms with E-state index in [0.29, 0.717) is 18.3 Å². The average Bonchev–Trinajstić information content (AvgIpc) is 3.19. The third kappa shape index (κ3) is 4.95. The zero-order chi connectivity index (χ0) is 19.1. The molecule has 0 radical (unpaired) electrons. The molecule has 1 aliphatic heterocycles. The number of piperidine rings is 1. The van der Waals surface area contributed by atoms with E-state index in [1.807, 2.05) is 35.2 Å². The molecule has 27 heavy (non-hydrogen) atoms. The Kier molecular flexibility index (Phi) is 6.98. The summed E-state index contributed by atoms with van der Waals surface area (Å²) in [6.45, 7) is 7.19. The van der Waals surface area contributed by atoms with Gasteiger partial charge >= 0.3 is 0 Å². The Hall–Kier alpha value is -2.21. The monoisotopic (exact) mass is 370 g/mol. The molecule has 0 aliphatic carbocycles. The molecule has 0 N–H and O–H groups in total. The maximum atomic E-state index is 12.8. The molecule has 0 spiro atoms. The van der Waals surface area contributed by atoms with Gasteiger partial charge in [-0.15, -0.1) is 0 Å². The molecule has 3 rings (SSSR count). The number of likely N-dealkylation sites (tertiary alicyclic amines) is 1. The van der Waals surface area contributed by atoms with E-state index in [9.17, 15) is 4.79 Å². The van der Waals surface area contributed by atoms with Crippen LogP contribution in [0.15, 0.2) is 34.9 Å². The number of carbonyl (C=O) groups excluding carboxylic acids is 1. The van der Waals surface area contributed by atoms with Crippen molar-refractivity contribution in [3.63, 3.8) is 0 Å². The van der Waals surface area contributed by atoms with Crippen LogP contribution in [0.4, 0.5) is 0 Å². The van der Waals surface area contributed by atoms with Crippen LogP contribution in [0.5, 0.6) is 0 Å². The first-order valence-corrected chi connectivity index (χ1v) is 10.1. The molecule has 1 aliphatic rings. The zero-order valence-corrected chi connectivity index (χ0v) is 16.4. The number of aromatic nitrogens is 2. The highest BCUT2D eigenvalue weighted by atomic mass is 16.5. The number of hydrogen-bond donors (Lipinski definition) is 0. The molecule has 1 amide bonds. The lowest BCUT2D eigenvalue weighted by molar-refractivity contribution is -0.133. The summed E-state index contributed by atoms with van der Waals surface area (Å²) in [6.07, 6.45) is 5.14. The molecule has 1 fully saturated rings. The molecule has 1 aromatic carbocycles. The van der Waals surface area contributed by atoms with Crippen LogP contribution in [0.3, 0.4) is 0 Å². The first-order valence-electron chi connectivity index (χ1n) is 10.1. The minimum atomic E-state index is 0.0257. The Morgan fingerprint density at radius 1 is 1.19 bits per heavy atom. The largest absolute Gasteiger partial charge is 0.342 e. The van der Waals surface area contributed by atoms with Crippen LogP contribution in [0.2, 0.25) is 0 Å².